The highest BCUT2D eigenvalue weighted by molar-refractivity contribution is 5.80. The number of nitrogens with zero attached hydrogens (tertiary/aromatic N) is 2. The molecule has 0 fully saturated rings. The predicted octanol–water partition coefficient (Wildman–Crippen LogP) is 0.0256. The number of imidazole rings is 1. The van der Waals surface area contributed by atoms with E-state index in [1.807, 2.05) is 31.2 Å². The number of para-hydroxylation sites is 2. The number of fused-ring (bicyclic) bond motifs is 1. The van der Waals surface area contributed by atoms with Crippen LogP contribution in [0, 0.1) is 0 Å². The van der Waals surface area contributed by atoms with E-state index in [9.17, 15) is 9.59 Å². The molecule has 0 aliphatic heterocycles. The molecule has 2 rings (SSSR count). The molecular weight excluding hydrogens is 244 g/mol. The molecule has 0 spiro atoms. The Bertz CT molecular complexity index is 656. The quantitative estimate of drug-likeness (QED) is 0.795. The standard InChI is InChI=1S/C13H18N4O2/c1-2-7-16-10-5-3-4-6-11(10)17(13(16)19)8-9(14)12(15)18/h3-6,9H,2,7-8,14H2,1H3,(H2,15,18). The zero-order valence-electron chi connectivity index (χ0n) is 10.9. The molecule has 0 aliphatic carbocycles. The Morgan fingerprint density at radius 1 is 1.26 bits per heavy atom. The Morgan fingerprint density at radius 2 is 1.84 bits per heavy atom. The number of primary amides is 1. The summed E-state index contributed by atoms with van der Waals surface area (Å²) in [6.45, 7) is 2.75. The summed E-state index contributed by atoms with van der Waals surface area (Å²) >= 11 is 0. The molecule has 0 saturated carbocycles. The first-order valence-corrected chi connectivity index (χ1v) is 6.29. The second-order valence-corrected chi connectivity index (χ2v) is 4.54. The summed E-state index contributed by atoms with van der Waals surface area (Å²) in [5.41, 5.74) is 12.3. The summed E-state index contributed by atoms with van der Waals surface area (Å²) in [5, 5.41) is 0. The van der Waals surface area contributed by atoms with Gasteiger partial charge >= 0.3 is 5.69 Å². The first-order chi connectivity index (χ1) is 9.06. The van der Waals surface area contributed by atoms with E-state index >= 15 is 0 Å². The molecule has 0 saturated heterocycles. The lowest BCUT2D eigenvalue weighted by Gasteiger charge is -2.08. The number of benzene rings is 1. The number of rotatable bonds is 5. The van der Waals surface area contributed by atoms with Crippen molar-refractivity contribution in [3.05, 3.63) is 34.7 Å². The minimum atomic E-state index is -0.862. The van der Waals surface area contributed by atoms with Gasteiger partial charge in [-0.15, -0.1) is 0 Å². The molecule has 1 amide bonds. The first kappa shape index (κ1) is 13.4. The van der Waals surface area contributed by atoms with Gasteiger partial charge in [0.15, 0.2) is 0 Å². The van der Waals surface area contributed by atoms with Crippen molar-refractivity contribution in [2.45, 2.75) is 32.5 Å². The van der Waals surface area contributed by atoms with Gasteiger partial charge < -0.3 is 11.5 Å². The lowest BCUT2D eigenvalue weighted by atomic mass is 10.2. The number of hydrogen-bond donors (Lipinski definition) is 2. The zero-order chi connectivity index (χ0) is 14.0. The SMILES string of the molecule is CCCn1c(=O)n(CC(N)C(N)=O)c2ccccc21. The minimum absolute atomic E-state index is 0.103. The van der Waals surface area contributed by atoms with Crippen LogP contribution in [0.15, 0.2) is 29.1 Å². The number of aromatic nitrogens is 2. The molecule has 19 heavy (non-hydrogen) atoms. The van der Waals surface area contributed by atoms with Crippen LogP contribution in [0.4, 0.5) is 0 Å². The molecule has 6 nitrogen and oxygen atoms in total. The van der Waals surface area contributed by atoms with E-state index in [2.05, 4.69) is 0 Å². The monoisotopic (exact) mass is 262 g/mol. The highest BCUT2D eigenvalue weighted by Gasteiger charge is 2.17. The third-order valence-electron chi connectivity index (χ3n) is 3.12. The van der Waals surface area contributed by atoms with Gasteiger partial charge in [-0.25, -0.2) is 4.79 Å². The Hall–Kier alpha value is -2.08. The van der Waals surface area contributed by atoms with Crippen LogP contribution in [-0.4, -0.2) is 21.1 Å². The average molecular weight is 262 g/mol. The van der Waals surface area contributed by atoms with Crippen LogP contribution < -0.4 is 17.2 Å². The Labute approximate surface area is 110 Å². The fourth-order valence-corrected chi connectivity index (χ4v) is 2.18. The molecule has 1 aromatic heterocycles. The second kappa shape index (κ2) is 5.27. The number of carbonyl (C=O) groups is 1. The van der Waals surface area contributed by atoms with Crippen molar-refractivity contribution in [1.29, 1.82) is 0 Å². The second-order valence-electron chi connectivity index (χ2n) is 4.54. The number of carbonyl (C=O) groups excluding carboxylic acids is 1. The van der Waals surface area contributed by atoms with Crippen molar-refractivity contribution >= 4 is 16.9 Å². The Kier molecular flexibility index (Phi) is 3.71. The van der Waals surface area contributed by atoms with E-state index in [4.69, 9.17) is 11.5 Å². The van der Waals surface area contributed by atoms with Crippen LogP contribution in [0.2, 0.25) is 0 Å². The molecule has 0 aliphatic rings. The maximum absolute atomic E-state index is 12.4. The topological polar surface area (TPSA) is 96.0 Å². The molecule has 0 bridgehead atoms. The van der Waals surface area contributed by atoms with Crippen molar-refractivity contribution in [1.82, 2.24) is 9.13 Å². The molecule has 6 heteroatoms. The molecule has 1 heterocycles. The van der Waals surface area contributed by atoms with E-state index in [0.717, 1.165) is 17.5 Å². The van der Waals surface area contributed by atoms with Crippen LogP contribution in [0.1, 0.15) is 13.3 Å². The van der Waals surface area contributed by atoms with Gasteiger partial charge in [-0.05, 0) is 18.6 Å². The van der Waals surface area contributed by atoms with Gasteiger partial charge in [-0.3, -0.25) is 13.9 Å². The Balaban J connectivity index is 2.57. The Morgan fingerprint density at radius 3 is 2.37 bits per heavy atom. The normalized spacial score (nSPS) is 12.7. The maximum atomic E-state index is 12.4. The van der Waals surface area contributed by atoms with E-state index < -0.39 is 11.9 Å². The van der Waals surface area contributed by atoms with E-state index in [0.29, 0.717) is 6.54 Å². The molecule has 102 valence electrons. The van der Waals surface area contributed by atoms with Crippen molar-refractivity contribution in [2.24, 2.45) is 11.5 Å². The summed E-state index contributed by atoms with van der Waals surface area (Å²) in [4.78, 5) is 23.4. The molecule has 1 unspecified atom stereocenters. The third kappa shape index (κ3) is 2.39. The lowest BCUT2D eigenvalue weighted by Crippen LogP contribution is -2.42. The van der Waals surface area contributed by atoms with Gasteiger partial charge in [0.2, 0.25) is 5.91 Å². The molecule has 1 atom stereocenters. The van der Waals surface area contributed by atoms with Gasteiger partial charge in [-0.1, -0.05) is 19.1 Å². The summed E-state index contributed by atoms with van der Waals surface area (Å²) in [6, 6.07) is 6.60. The van der Waals surface area contributed by atoms with Gasteiger partial charge in [0.25, 0.3) is 0 Å². The zero-order valence-corrected chi connectivity index (χ0v) is 10.9. The average Bonchev–Trinajstić information content (AvgIpc) is 2.65. The molecule has 2 aromatic rings. The number of aryl methyl sites for hydroxylation is 1. The highest BCUT2D eigenvalue weighted by Crippen LogP contribution is 2.13. The van der Waals surface area contributed by atoms with Crippen molar-refractivity contribution in [2.75, 3.05) is 0 Å². The smallest absolute Gasteiger partial charge is 0.329 e. The van der Waals surface area contributed by atoms with Gasteiger partial charge in [0.05, 0.1) is 17.6 Å². The van der Waals surface area contributed by atoms with E-state index in [1.165, 1.54) is 4.57 Å². The predicted molar refractivity (Wildman–Crippen MR) is 73.7 cm³/mol. The largest absolute Gasteiger partial charge is 0.368 e. The van der Waals surface area contributed by atoms with Crippen molar-refractivity contribution < 1.29 is 4.79 Å². The van der Waals surface area contributed by atoms with Crippen molar-refractivity contribution in [3.8, 4) is 0 Å². The van der Waals surface area contributed by atoms with E-state index in [-0.39, 0.29) is 12.2 Å². The maximum Gasteiger partial charge on any atom is 0.329 e. The molecular formula is C13H18N4O2. The third-order valence-corrected chi connectivity index (χ3v) is 3.12. The number of nitrogens with two attached hydrogens (primary N) is 2. The highest BCUT2D eigenvalue weighted by atomic mass is 16.2. The van der Waals surface area contributed by atoms with E-state index in [1.54, 1.807) is 4.57 Å². The fraction of sp³-hybridized carbons (Fsp3) is 0.385. The first-order valence-electron chi connectivity index (χ1n) is 6.29. The van der Waals surface area contributed by atoms with Crippen LogP contribution in [0.5, 0.6) is 0 Å². The molecule has 1 aromatic carbocycles. The van der Waals surface area contributed by atoms with Crippen LogP contribution >= 0.6 is 0 Å². The van der Waals surface area contributed by atoms with Crippen LogP contribution in [-0.2, 0) is 17.9 Å². The van der Waals surface area contributed by atoms with Gasteiger partial charge in [-0.2, -0.15) is 0 Å². The number of hydrogen-bond acceptors (Lipinski definition) is 3. The summed E-state index contributed by atoms with van der Waals surface area (Å²) in [7, 11) is 0. The van der Waals surface area contributed by atoms with Crippen LogP contribution in [0.3, 0.4) is 0 Å². The van der Waals surface area contributed by atoms with Crippen molar-refractivity contribution in [3.63, 3.8) is 0 Å². The summed E-state index contributed by atoms with van der Waals surface area (Å²) in [6.07, 6.45) is 0.857. The molecule has 0 radical (unpaired) electrons. The number of amides is 1. The fourth-order valence-electron chi connectivity index (χ4n) is 2.18. The summed E-state index contributed by atoms with van der Waals surface area (Å²) < 4.78 is 3.21. The van der Waals surface area contributed by atoms with Gasteiger partial charge in [0.1, 0.15) is 6.04 Å². The molecule has 4 N–H and O–H groups in total. The minimum Gasteiger partial charge on any atom is -0.368 e. The van der Waals surface area contributed by atoms with Gasteiger partial charge in [0, 0.05) is 6.54 Å². The lowest BCUT2D eigenvalue weighted by molar-refractivity contribution is -0.119. The summed E-state index contributed by atoms with van der Waals surface area (Å²) in [5.74, 6) is -0.612. The van der Waals surface area contributed by atoms with Crippen LogP contribution in [0.25, 0.3) is 11.0 Å².